The maximum Gasteiger partial charge on any atom is 0.308 e. The standard InChI is InChI=1S/C15H13ClN2O2S2/c1-2-21-13-4-3-9(16)5-11(13)12-8-18-7-10(6-14(19)20)22-15(18)17-12/h3-5,7-8H,2,6H2,1H3,(H,19,20). The van der Waals surface area contributed by atoms with Gasteiger partial charge in [-0.15, -0.1) is 23.1 Å². The molecule has 2 heterocycles. The molecule has 0 radical (unpaired) electrons. The topological polar surface area (TPSA) is 54.6 Å². The lowest BCUT2D eigenvalue weighted by Gasteiger charge is -2.06. The first-order chi connectivity index (χ1) is 10.6. The summed E-state index contributed by atoms with van der Waals surface area (Å²) in [5, 5.41) is 9.53. The van der Waals surface area contributed by atoms with Crippen LogP contribution in [0.1, 0.15) is 11.8 Å². The summed E-state index contributed by atoms with van der Waals surface area (Å²) in [6, 6.07) is 5.81. The van der Waals surface area contributed by atoms with Crippen LogP contribution in [0.3, 0.4) is 0 Å². The van der Waals surface area contributed by atoms with E-state index < -0.39 is 5.97 Å². The molecule has 0 unspecified atom stereocenters. The summed E-state index contributed by atoms with van der Waals surface area (Å²) >= 11 is 9.26. The van der Waals surface area contributed by atoms with Crippen LogP contribution in [0.4, 0.5) is 0 Å². The van der Waals surface area contributed by atoms with Crippen LogP contribution in [0.2, 0.25) is 5.02 Å². The lowest BCUT2D eigenvalue weighted by atomic mass is 10.2. The number of carboxylic acid groups (broad SMARTS) is 1. The molecule has 114 valence electrons. The third kappa shape index (κ3) is 3.14. The molecule has 0 aliphatic carbocycles. The summed E-state index contributed by atoms with van der Waals surface area (Å²) in [6.07, 6.45) is 3.77. The molecular weight excluding hydrogens is 340 g/mol. The van der Waals surface area contributed by atoms with E-state index in [2.05, 4.69) is 11.9 Å². The number of aliphatic carboxylic acids is 1. The Hall–Kier alpha value is -1.50. The summed E-state index contributed by atoms with van der Waals surface area (Å²) in [7, 11) is 0. The molecule has 0 amide bonds. The van der Waals surface area contributed by atoms with Crippen LogP contribution in [0, 0.1) is 0 Å². The Morgan fingerprint density at radius 3 is 2.95 bits per heavy atom. The van der Waals surface area contributed by atoms with Gasteiger partial charge in [0.15, 0.2) is 4.96 Å². The number of thioether (sulfide) groups is 1. The molecule has 0 fully saturated rings. The van der Waals surface area contributed by atoms with Gasteiger partial charge in [-0.25, -0.2) is 4.98 Å². The van der Waals surface area contributed by atoms with E-state index in [0.717, 1.165) is 31.7 Å². The molecule has 7 heteroatoms. The number of thiazole rings is 1. The Morgan fingerprint density at radius 1 is 1.45 bits per heavy atom. The predicted octanol–water partition coefficient (Wildman–Crippen LogP) is 4.46. The molecule has 3 aromatic rings. The molecule has 0 saturated carbocycles. The van der Waals surface area contributed by atoms with Crippen LogP contribution in [0.5, 0.6) is 0 Å². The number of benzene rings is 1. The summed E-state index contributed by atoms with van der Waals surface area (Å²) in [5.74, 6) is 0.140. The van der Waals surface area contributed by atoms with Crippen molar-refractivity contribution in [3.05, 3.63) is 40.5 Å². The number of carbonyl (C=O) groups is 1. The fraction of sp³-hybridized carbons (Fsp3) is 0.200. The van der Waals surface area contributed by atoms with Crippen molar-refractivity contribution >= 4 is 45.6 Å². The van der Waals surface area contributed by atoms with Crippen molar-refractivity contribution < 1.29 is 9.90 Å². The minimum atomic E-state index is -0.832. The highest BCUT2D eigenvalue weighted by Crippen LogP contribution is 2.34. The lowest BCUT2D eigenvalue weighted by Crippen LogP contribution is -1.97. The third-order valence-corrected chi connectivity index (χ3v) is 5.23. The van der Waals surface area contributed by atoms with E-state index in [4.69, 9.17) is 16.7 Å². The van der Waals surface area contributed by atoms with Gasteiger partial charge in [-0.05, 0) is 24.0 Å². The molecule has 4 nitrogen and oxygen atoms in total. The minimum absolute atomic E-state index is 0.0253. The molecular formula is C15H13ClN2O2S2. The number of nitrogens with zero attached hydrogens (tertiary/aromatic N) is 2. The highest BCUT2D eigenvalue weighted by atomic mass is 35.5. The molecule has 2 aromatic heterocycles. The van der Waals surface area contributed by atoms with Crippen LogP contribution in [-0.2, 0) is 11.2 Å². The Balaban J connectivity index is 2.01. The average Bonchev–Trinajstić information content (AvgIpc) is 2.98. The minimum Gasteiger partial charge on any atom is -0.481 e. The Kier molecular flexibility index (Phi) is 4.42. The van der Waals surface area contributed by atoms with Crippen LogP contribution < -0.4 is 0 Å². The fourth-order valence-corrected chi connectivity index (χ4v) is 4.11. The van der Waals surface area contributed by atoms with Crippen molar-refractivity contribution in [2.24, 2.45) is 0 Å². The molecule has 1 N–H and O–H groups in total. The van der Waals surface area contributed by atoms with Gasteiger partial charge in [-0.1, -0.05) is 18.5 Å². The molecule has 1 aromatic carbocycles. The van der Waals surface area contributed by atoms with Crippen LogP contribution >= 0.6 is 34.7 Å². The Morgan fingerprint density at radius 2 is 2.27 bits per heavy atom. The zero-order chi connectivity index (χ0) is 15.7. The van der Waals surface area contributed by atoms with E-state index >= 15 is 0 Å². The first kappa shape index (κ1) is 15.4. The van der Waals surface area contributed by atoms with E-state index in [0.29, 0.717) is 5.02 Å². The largest absolute Gasteiger partial charge is 0.481 e. The summed E-state index contributed by atoms with van der Waals surface area (Å²) in [5.41, 5.74) is 1.86. The molecule has 0 aliphatic rings. The second-order valence-corrected chi connectivity index (χ2v) is 7.49. The average molecular weight is 353 g/mol. The number of hydrogen-bond donors (Lipinski definition) is 1. The SMILES string of the molecule is CCSc1ccc(Cl)cc1-c1cn2cc(CC(=O)O)sc2n1. The van der Waals surface area contributed by atoms with E-state index in [1.54, 1.807) is 11.8 Å². The maximum atomic E-state index is 10.8. The number of hydrogen-bond acceptors (Lipinski definition) is 4. The van der Waals surface area contributed by atoms with Crippen molar-refractivity contribution in [1.82, 2.24) is 9.38 Å². The predicted molar refractivity (Wildman–Crippen MR) is 91.3 cm³/mol. The van der Waals surface area contributed by atoms with Crippen molar-refractivity contribution in [2.75, 3.05) is 5.75 Å². The number of rotatable bonds is 5. The number of fused-ring (bicyclic) bond motifs is 1. The van der Waals surface area contributed by atoms with Gasteiger partial charge in [0.1, 0.15) is 0 Å². The fourth-order valence-electron chi connectivity index (χ4n) is 2.19. The van der Waals surface area contributed by atoms with Crippen LogP contribution in [0.15, 0.2) is 35.5 Å². The van der Waals surface area contributed by atoms with E-state index in [9.17, 15) is 4.79 Å². The first-order valence-corrected chi connectivity index (χ1v) is 8.86. The number of aromatic nitrogens is 2. The van der Waals surface area contributed by atoms with Crippen LogP contribution in [0.25, 0.3) is 16.2 Å². The molecule has 22 heavy (non-hydrogen) atoms. The van der Waals surface area contributed by atoms with Gasteiger partial charge in [0.25, 0.3) is 0 Å². The lowest BCUT2D eigenvalue weighted by molar-refractivity contribution is -0.136. The molecule has 0 saturated heterocycles. The highest BCUT2D eigenvalue weighted by molar-refractivity contribution is 7.99. The molecule has 0 aliphatic heterocycles. The zero-order valence-corrected chi connectivity index (χ0v) is 14.1. The normalized spacial score (nSPS) is 11.2. The molecule has 0 bridgehead atoms. The number of halogens is 1. The first-order valence-electron chi connectivity index (χ1n) is 6.68. The van der Waals surface area contributed by atoms with Gasteiger partial charge in [0.05, 0.1) is 12.1 Å². The highest BCUT2D eigenvalue weighted by Gasteiger charge is 2.13. The van der Waals surface area contributed by atoms with Gasteiger partial charge in [-0.3, -0.25) is 9.20 Å². The van der Waals surface area contributed by atoms with E-state index in [-0.39, 0.29) is 6.42 Å². The molecule has 0 atom stereocenters. The van der Waals surface area contributed by atoms with Crippen molar-refractivity contribution in [2.45, 2.75) is 18.2 Å². The van der Waals surface area contributed by atoms with E-state index in [1.165, 1.54) is 11.3 Å². The zero-order valence-electron chi connectivity index (χ0n) is 11.7. The van der Waals surface area contributed by atoms with Gasteiger partial charge in [0, 0.05) is 32.8 Å². The summed E-state index contributed by atoms with van der Waals surface area (Å²) in [4.78, 5) is 18.1. The Bertz CT molecular complexity index is 810. The number of imidazole rings is 1. The van der Waals surface area contributed by atoms with Crippen molar-refractivity contribution in [3.63, 3.8) is 0 Å². The number of carboxylic acids is 1. The van der Waals surface area contributed by atoms with Crippen molar-refractivity contribution in [1.29, 1.82) is 0 Å². The quantitative estimate of drug-likeness (QED) is 0.689. The second-order valence-electron chi connectivity index (χ2n) is 4.66. The third-order valence-electron chi connectivity index (χ3n) is 3.05. The van der Waals surface area contributed by atoms with Gasteiger partial charge in [-0.2, -0.15) is 0 Å². The van der Waals surface area contributed by atoms with Gasteiger partial charge < -0.3 is 5.11 Å². The maximum absolute atomic E-state index is 10.8. The van der Waals surface area contributed by atoms with Gasteiger partial charge in [0.2, 0.25) is 0 Å². The summed E-state index contributed by atoms with van der Waals surface area (Å²) < 4.78 is 1.87. The summed E-state index contributed by atoms with van der Waals surface area (Å²) in [6.45, 7) is 2.10. The van der Waals surface area contributed by atoms with Gasteiger partial charge >= 0.3 is 5.97 Å². The van der Waals surface area contributed by atoms with Crippen LogP contribution in [-0.4, -0.2) is 26.2 Å². The monoisotopic (exact) mass is 352 g/mol. The molecule has 3 rings (SSSR count). The molecule has 0 spiro atoms. The Labute approximate surface area is 140 Å². The van der Waals surface area contributed by atoms with Crippen molar-refractivity contribution in [3.8, 4) is 11.3 Å². The van der Waals surface area contributed by atoms with E-state index in [1.807, 2.05) is 35.0 Å². The second kappa shape index (κ2) is 6.32. The smallest absolute Gasteiger partial charge is 0.308 e.